The Kier molecular flexibility index (Phi) is 12.9. The zero-order valence-electron chi connectivity index (χ0n) is 15.1. The summed E-state index contributed by atoms with van der Waals surface area (Å²) in [6.45, 7) is 3.96. The van der Waals surface area contributed by atoms with E-state index in [1.165, 1.54) is 75.3 Å². The fourth-order valence-corrected chi connectivity index (χ4v) is 2.79. The third-order valence-corrected chi connectivity index (χ3v) is 4.32. The van der Waals surface area contributed by atoms with Gasteiger partial charge in [-0.2, -0.15) is 0 Å². The van der Waals surface area contributed by atoms with Crippen LogP contribution in [0.1, 0.15) is 75.3 Å². The summed E-state index contributed by atoms with van der Waals surface area (Å²) in [6.07, 6.45) is 14.0. The molecule has 0 saturated heterocycles. The van der Waals surface area contributed by atoms with Gasteiger partial charge in [-0.15, -0.1) is 0 Å². The molecule has 23 heavy (non-hydrogen) atoms. The van der Waals surface area contributed by atoms with Crippen LogP contribution in [0.3, 0.4) is 0 Å². The van der Waals surface area contributed by atoms with E-state index in [2.05, 4.69) is 31.2 Å². The number of ether oxygens (including phenoxy) is 1. The largest absolute Gasteiger partial charge is 0.396 e. The van der Waals surface area contributed by atoms with E-state index >= 15 is 0 Å². The van der Waals surface area contributed by atoms with Crippen LogP contribution in [0.15, 0.2) is 24.3 Å². The standard InChI is InChI=1S/C21H36O2/c1-20-13-15-21(16-14-20)12-9-7-5-3-2-4-6-8-10-18-23-19-11-17-22/h13-16,22H,2-12,17-19H2,1H3. The minimum Gasteiger partial charge on any atom is -0.396 e. The average Bonchev–Trinajstić information content (AvgIpc) is 2.57. The fraction of sp³-hybridized carbons (Fsp3) is 0.714. The molecule has 2 nitrogen and oxygen atoms in total. The SMILES string of the molecule is Cc1ccc(CCCCCCCCCCCOCCCO)cc1. The van der Waals surface area contributed by atoms with E-state index in [1.54, 1.807) is 0 Å². The van der Waals surface area contributed by atoms with Gasteiger partial charge in [-0.05, 0) is 38.2 Å². The van der Waals surface area contributed by atoms with Crippen LogP contribution in [0.2, 0.25) is 0 Å². The molecule has 2 heteroatoms. The molecule has 0 unspecified atom stereocenters. The lowest BCUT2D eigenvalue weighted by atomic mass is 10.0. The lowest BCUT2D eigenvalue weighted by molar-refractivity contribution is 0.112. The molecule has 0 aliphatic rings. The van der Waals surface area contributed by atoms with Crippen molar-refractivity contribution in [1.29, 1.82) is 0 Å². The summed E-state index contributed by atoms with van der Waals surface area (Å²) >= 11 is 0. The first-order valence-electron chi connectivity index (χ1n) is 9.57. The lowest BCUT2D eigenvalue weighted by Gasteiger charge is -2.04. The number of rotatable bonds is 15. The maximum absolute atomic E-state index is 8.63. The Bertz CT molecular complexity index is 359. The highest BCUT2D eigenvalue weighted by Gasteiger charge is 1.95. The van der Waals surface area contributed by atoms with Crippen molar-refractivity contribution in [2.24, 2.45) is 0 Å². The molecule has 0 aromatic heterocycles. The van der Waals surface area contributed by atoms with Crippen molar-refractivity contribution in [3.8, 4) is 0 Å². The number of aryl methyl sites for hydroxylation is 2. The number of unbranched alkanes of at least 4 members (excludes halogenated alkanes) is 8. The van der Waals surface area contributed by atoms with E-state index in [0.29, 0.717) is 6.61 Å². The fourth-order valence-electron chi connectivity index (χ4n) is 2.79. The summed E-state index contributed by atoms with van der Waals surface area (Å²) in [5.74, 6) is 0. The maximum atomic E-state index is 8.63. The first-order valence-corrected chi connectivity index (χ1v) is 9.57. The molecule has 0 aliphatic carbocycles. The minimum atomic E-state index is 0.241. The highest BCUT2D eigenvalue weighted by Crippen LogP contribution is 2.12. The first-order chi connectivity index (χ1) is 11.3. The summed E-state index contributed by atoms with van der Waals surface area (Å²) < 4.78 is 5.43. The van der Waals surface area contributed by atoms with Crippen LogP contribution in [0.4, 0.5) is 0 Å². The second-order valence-corrected chi connectivity index (χ2v) is 6.61. The molecule has 0 saturated carbocycles. The van der Waals surface area contributed by atoms with Gasteiger partial charge in [-0.1, -0.05) is 74.8 Å². The minimum absolute atomic E-state index is 0.241. The molecule has 1 rings (SSSR count). The summed E-state index contributed by atoms with van der Waals surface area (Å²) in [4.78, 5) is 0. The summed E-state index contributed by atoms with van der Waals surface area (Å²) in [7, 11) is 0. The molecule has 0 bridgehead atoms. The second kappa shape index (κ2) is 14.7. The molecule has 132 valence electrons. The highest BCUT2D eigenvalue weighted by molar-refractivity contribution is 5.21. The highest BCUT2D eigenvalue weighted by atomic mass is 16.5. The van der Waals surface area contributed by atoms with Gasteiger partial charge in [0.2, 0.25) is 0 Å². The molecule has 0 fully saturated rings. The van der Waals surface area contributed by atoms with Gasteiger partial charge in [0.05, 0.1) is 0 Å². The van der Waals surface area contributed by atoms with E-state index in [1.807, 2.05) is 0 Å². The molecule has 0 aliphatic heterocycles. The van der Waals surface area contributed by atoms with Crippen molar-refractivity contribution in [1.82, 2.24) is 0 Å². The summed E-state index contributed by atoms with van der Waals surface area (Å²) in [5.41, 5.74) is 2.84. The van der Waals surface area contributed by atoms with Gasteiger partial charge in [0.15, 0.2) is 0 Å². The predicted molar refractivity (Wildman–Crippen MR) is 99.0 cm³/mol. The van der Waals surface area contributed by atoms with E-state index in [0.717, 1.165) is 13.0 Å². The van der Waals surface area contributed by atoms with Gasteiger partial charge in [-0.3, -0.25) is 0 Å². The second-order valence-electron chi connectivity index (χ2n) is 6.61. The zero-order valence-corrected chi connectivity index (χ0v) is 15.1. The van der Waals surface area contributed by atoms with Crippen molar-refractivity contribution in [2.45, 2.75) is 77.6 Å². The molecular formula is C21H36O2. The first kappa shape index (κ1) is 20.2. The molecule has 1 aromatic carbocycles. The van der Waals surface area contributed by atoms with Gasteiger partial charge >= 0.3 is 0 Å². The van der Waals surface area contributed by atoms with Crippen molar-refractivity contribution < 1.29 is 9.84 Å². The maximum Gasteiger partial charge on any atom is 0.0487 e. The lowest BCUT2D eigenvalue weighted by Crippen LogP contribution is -1.98. The van der Waals surface area contributed by atoms with Gasteiger partial charge in [0, 0.05) is 19.8 Å². The van der Waals surface area contributed by atoms with Crippen LogP contribution >= 0.6 is 0 Å². The van der Waals surface area contributed by atoms with E-state index in [9.17, 15) is 0 Å². The van der Waals surface area contributed by atoms with Crippen molar-refractivity contribution >= 4 is 0 Å². The van der Waals surface area contributed by atoms with Crippen molar-refractivity contribution in [3.05, 3.63) is 35.4 Å². The molecule has 0 radical (unpaired) electrons. The van der Waals surface area contributed by atoms with Gasteiger partial charge in [0.25, 0.3) is 0 Å². The van der Waals surface area contributed by atoms with Crippen molar-refractivity contribution in [2.75, 3.05) is 19.8 Å². The smallest absolute Gasteiger partial charge is 0.0487 e. The van der Waals surface area contributed by atoms with Crippen LogP contribution in [0.25, 0.3) is 0 Å². The van der Waals surface area contributed by atoms with Crippen molar-refractivity contribution in [3.63, 3.8) is 0 Å². The predicted octanol–water partition coefficient (Wildman–Crippen LogP) is 5.45. The van der Waals surface area contributed by atoms with Gasteiger partial charge < -0.3 is 9.84 Å². The Morgan fingerprint density at radius 3 is 1.83 bits per heavy atom. The number of hydrogen-bond donors (Lipinski definition) is 1. The topological polar surface area (TPSA) is 29.5 Å². The quantitative estimate of drug-likeness (QED) is 0.436. The van der Waals surface area contributed by atoms with Gasteiger partial charge in [0.1, 0.15) is 0 Å². The Hall–Kier alpha value is -0.860. The average molecular weight is 321 g/mol. The number of aliphatic hydroxyl groups excluding tert-OH is 1. The summed E-state index contributed by atoms with van der Waals surface area (Å²) in [5, 5.41) is 8.63. The summed E-state index contributed by atoms with van der Waals surface area (Å²) in [6, 6.07) is 8.96. The van der Waals surface area contributed by atoms with Crippen LogP contribution < -0.4 is 0 Å². The monoisotopic (exact) mass is 320 g/mol. The number of aliphatic hydroxyl groups is 1. The molecular weight excluding hydrogens is 284 g/mol. The van der Waals surface area contributed by atoms with E-state index < -0.39 is 0 Å². The van der Waals surface area contributed by atoms with Crippen LogP contribution in [-0.4, -0.2) is 24.9 Å². The van der Waals surface area contributed by atoms with Crippen LogP contribution in [0, 0.1) is 6.92 Å². The molecule has 1 N–H and O–H groups in total. The van der Waals surface area contributed by atoms with Gasteiger partial charge in [-0.25, -0.2) is 0 Å². The Morgan fingerprint density at radius 2 is 1.22 bits per heavy atom. The Labute approximate surface area is 143 Å². The number of benzene rings is 1. The third kappa shape index (κ3) is 12.3. The Balaban J connectivity index is 1.77. The third-order valence-electron chi connectivity index (χ3n) is 4.32. The van der Waals surface area contributed by atoms with Crippen LogP contribution in [0.5, 0.6) is 0 Å². The van der Waals surface area contributed by atoms with Crippen LogP contribution in [-0.2, 0) is 11.2 Å². The van der Waals surface area contributed by atoms with E-state index in [-0.39, 0.29) is 6.61 Å². The molecule has 0 heterocycles. The number of hydrogen-bond acceptors (Lipinski definition) is 2. The normalized spacial score (nSPS) is 11.0. The molecule has 0 amide bonds. The van der Waals surface area contributed by atoms with E-state index in [4.69, 9.17) is 9.84 Å². The molecule has 1 aromatic rings. The Morgan fingerprint density at radius 1 is 0.696 bits per heavy atom. The molecule has 0 atom stereocenters. The molecule has 0 spiro atoms. The zero-order chi connectivity index (χ0) is 16.6.